The lowest BCUT2D eigenvalue weighted by Crippen LogP contribution is -2.21. The molecule has 2 aromatic heterocycles. The molecule has 0 saturated carbocycles. The summed E-state index contributed by atoms with van der Waals surface area (Å²) in [6.07, 6.45) is 3.78. The van der Waals surface area contributed by atoms with E-state index in [0.29, 0.717) is 24.2 Å². The highest BCUT2D eigenvalue weighted by molar-refractivity contribution is 7.71. The largest absolute Gasteiger partial charge is 0.321 e. The van der Waals surface area contributed by atoms with E-state index in [1.165, 1.54) is 0 Å². The minimum atomic E-state index is -2.67. The first-order chi connectivity index (χ1) is 13.5. The smallest absolute Gasteiger partial charge is 0.303 e. The molecule has 28 heavy (non-hydrogen) atoms. The average molecular weight is 399 g/mol. The van der Waals surface area contributed by atoms with E-state index in [4.69, 9.17) is 12.2 Å². The summed E-state index contributed by atoms with van der Waals surface area (Å²) >= 11 is 5.32. The van der Waals surface area contributed by atoms with Crippen molar-refractivity contribution < 1.29 is 8.78 Å². The standard InChI is InChI=1S/C20H19F2N5S/c1-24(12-15-11-23-26(13-15)16-7-3-2-4-8-16)14-25-17-9-5-6-10-18(17)27(19(21)22)20(25)28/h2-11,13,19H,12,14H2,1H3. The molecule has 0 atom stereocenters. The van der Waals surface area contributed by atoms with Crippen molar-refractivity contribution in [2.75, 3.05) is 7.05 Å². The number of aromatic nitrogens is 4. The van der Waals surface area contributed by atoms with Gasteiger partial charge in [-0.2, -0.15) is 13.9 Å². The average Bonchev–Trinajstić information content (AvgIpc) is 3.25. The van der Waals surface area contributed by atoms with E-state index in [1.807, 2.05) is 71.5 Å². The van der Waals surface area contributed by atoms with E-state index in [1.54, 1.807) is 16.7 Å². The first-order valence-corrected chi connectivity index (χ1v) is 9.21. The SMILES string of the molecule is CN(Cc1cnn(-c2ccccc2)c1)Cn1c(=S)n(C(F)F)c2ccccc21. The zero-order chi connectivity index (χ0) is 19.7. The Morgan fingerprint density at radius 1 is 1.04 bits per heavy atom. The Bertz CT molecular complexity index is 1150. The first kappa shape index (κ1) is 18.5. The number of hydrogen-bond donors (Lipinski definition) is 0. The summed E-state index contributed by atoms with van der Waals surface area (Å²) in [7, 11) is 1.93. The predicted octanol–water partition coefficient (Wildman–Crippen LogP) is 4.84. The Balaban J connectivity index is 1.57. The van der Waals surface area contributed by atoms with Gasteiger partial charge in [-0.15, -0.1) is 0 Å². The first-order valence-electron chi connectivity index (χ1n) is 8.80. The van der Waals surface area contributed by atoms with Crippen LogP contribution in [0.1, 0.15) is 12.1 Å². The molecular formula is C20H19F2N5S. The summed E-state index contributed by atoms with van der Waals surface area (Å²) in [5.41, 5.74) is 3.14. The number of fused-ring (bicyclic) bond motifs is 1. The van der Waals surface area contributed by atoms with Crippen LogP contribution < -0.4 is 0 Å². The summed E-state index contributed by atoms with van der Waals surface area (Å²) < 4.78 is 31.5. The molecular weight excluding hydrogens is 380 g/mol. The van der Waals surface area contributed by atoms with Crippen molar-refractivity contribution in [2.45, 2.75) is 19.8 Å². The van der Waals surface area contributed by atoms with Crippen molar-refractivity contribution >= 4 is 23.3 Å². The van der Waals surface area contributed by atoms with Crippen LogP contribution in [-0.2, 0) is 13.2 Å². The molecule has 5 nitrogen and oxygen atoms in total. The summed E-state index contributed by atoms with van der Waals surface area (Å²) in [6.45, 7) is -1.66. The van der Waals surface area contributed by atoms with Gasteiger partial charge in [0.2, 0.25) is 0 Å². The van der Waals surface area contributed by atoms with E-state index in [2.05, 4.69) is 5.10 Å². The highest BCUT2D eigenvalue weighted by Crippen LogP contribution is 2.24. The number of halogens is 2. The zero-order valence-corrected chi connectivity index (χ0v) is 16.1. The molecule has 0 saturated heterocycles. The van der Waals surface area contributed by atoms with Crippen LogP contribution in [0.15, 0.2) is 67.0 Å². The Morgan fingerprint density at radius 2 is 1.71 bits per heavy atom. The molecule has 2 heterocycles. The van der Waals surface area contributed by atoms with Gasteiger partial charge in [0.1, 0.15) is 0 Å². The van der Waals surface area contributed by atoms with Crippen LogP contribution in [0.4, 0.5) is 8.78 Å². The van der Waals surface area contributed by atoms with Crippen LogP contribution >= 0.6 is 12.2 Å². The van der Waals surface area contributed by atoms with E-state index in [-0.39, 0.29) is 4.77 Å². The monoisotopic (exact) mass is 399 g/mol. The molecule has 0 aliphatic rings. The molecule has 0 N–H and O–H groups in total. The van der Waals surface area contributed by atoms with Gasteiger partial charge in [-0.1, -0.05) is 30.3 Å². The molecule has 144 valence electrons. The molecule has 0 aliphatic heterocycles. The number of benzene rings is 2. The fourth-order valence-electron chi connectivity index (χ4n) is 3.32. The van der Waals surface area contributed by atoms with Crippen LogP contribution in [0, 0.1) is 4.77 Å². The van der Waals surface area contributed by atoms with Crippen molar-refractivity contribution in [3.63, 3.8) is 0 Å². The van der Waals surface area contributed by atoms with E-state index in [9.17, 15) is 8.78 Å². The number of imidazole rings is 1. The van der Waals surface area contributed by atoms with Gasteiger partial charge in [-0.3, -0.25) is 9.47 Å². The summed E-state index contributed by atoms with van der Waals surface area (Å²) in [5.74, 6) is 0. The number of rotatable bonds is 6. The fourth-order valence-corrected chi connectivity index (χ4v) is 3.66. The Hall–Kier alpha value is -2.84. The van der Waals surface area contributed by atoms with Gasteiger partial charge >= 0.3 is 6.55 Å². The highest BCUT2D eigenvalue weighted by Gasteiger charge is 2.17. The third-order valence-electron chi connectivity index (χ3n) is 4.56. The molecule has 0 amide bonds. The maximum Gasteiger partial charge on any atom is 0.321 e. The van der Waals surface area contributed by atoms with Crippen molar-refractivity contribution in [1.29, 1.82) is 0 Å². The van der Waals surface area contributed by atoms with E-state index in [0.717, 1.165) is 15.8 Å². The molecule has 0 spiro atoms. The molecule has 4 aromatic rings. The van der Waals surface area contributed by atoms with E-state index < -0.39 is 6.55 Å². The number of alkyl halides is 2. The number of para-hydroxylation sites is 3. The number of hydrogen-bond acceptors (Lipinski definition) is 3. The molecule has 0 aliphatic carbocycles. The van der Waals surface area contributed by atoms with Crippen LogP contribution in [0.5, 0.6) is 0 Å². The van der Waals surface area contributed by atoms with Gasteiger partial charge in [0.15, 0.2) is 4.77 Å². The second-order valence-electron chi connectivity index (χ2n) is 6.63. The molecule has 0 unspecified atom stereocenters. The Labute approximate surface area is 166 Å². The van der Waals surface area contributed by atoms with Crippen LogP contribution in [0.3, 0.4) is 0 Å². The number of nitrogens with zero attached hydrogens (tertiary/aromatic N) is 5. The maximum atomic E-state index is 13.5. The van der Waals surface area contributed by atoms with Crippen LogP contribution in [-0.4, -0.2) is 30.9 Å². The topological polar surface area (TPSA) is 30.9 Å². The Morgan fingerprint density at radius 3 is 2.43 bits per heavy atom. The highest BCUT2D eigenvalue weighted by atomic mass is 32.1. The summed E-state index contributed by atoms with van der Waals surface area (Å²) in [6, 6.07) is 16.9. The molecule has 0 fully saturated rings. The molecule has 2 aromatic carbocycles. The molecule has 0 bridgehead atoms. The van der Waals surface area contributed by atoms with Gasteiger partial charge in [0, 0.05) is 18.3 Å². The lowest BCUT2D eigenvalue weighted by atomic mass is 10.3. The third kappa shape index (κ3) is 3.48. The lowest BCUT2D eigenvalue weighted by Gasteiger charge is -2.17. The minimum Gasteiger partial charge on any atom is -0.303 e. The van der Waals surface area contributed by atoms with Crippen molar-refractivity contribution in [3.8, 4) is 5.69 Å². The molecule has 0 radical (unpaired) electrons. The summed E-state index contributed by atoms with van der Waals surface area (Å²) in [5, 5.41) is 4.40. The second kappa shape index (κ2) is 7.65. The molecule has 8 heteroatoms. The second-order valence-corrected chi connectivity index (χ2v) is 7.00. The van der Waals surface area contributed by atoms with Crippen molar-refractivity contribution in [3.05, 3.63) is 77.3 Å². The van der Waals surface area contributed by atoms with Crippen molar-refractivity contribution in [2.24, 2.45) is 0 Å². The van der Waals surface area contributed by atoms with Gasteiger partial charge in [-0.25, -0.2) is 4.68 Å². The Kier molecular flexibility index (Phi) is 5.06. The van der Waals surface area contributed by atoms with Crippen molar-refractivity contribution in [1.82, 2.24) is 23.8 Å². The zero-order valence-electron chi connectivity index (χ0n) is 15.2. The van der Waals surface area contributed by atoms with Gasteiger partial charge in [0.25, 0.3) is 0 Å². The van der Waals surface area contributed by atoms with Gasteiger partial charge < -0.3 is 4.57 Å². The normalized spacial score (nSPS) is 11.8. The van der Waals surface area contributed by atoms with Crippen LogP contribution in [0.25, 0.3) is 16.7 Å². The predicted molar refractivity (Wildman–Crippen MR) is 107 cm³/mol. The van der Waals surface area contributed by atoms with Gasteiger partial charge in [-0.05, 0) is 43.5 Å². The van der Waals surface area contributed by atoms with Crippen LogP contribution in [0.2, 0.25) is 0 Å². The lowest BCUT2D eigenvalue weighted by molar-refractivity contribution is 0.0717. The molecule has 4 rings (SSSR count). The van der Waals surface area contributed by atoms with E-state index >= 15 is 0 Å². The summed E-state index contributed by atoms with van der Waals surface area (Å²) in [4.78, 5) is 2.02. The minimum absolute atomic E-state index is 0.114. The fraction of sp³-hybridized carbons (Fsp3) is 0.200. The third-order valence-corrected chi connectivity index (χ3v) is 4.97. The van der Waals surface area contributed by atoms with Gasteiger partial charge in [0.05, 0.1) is 29.6 Å². The quantitative estimate of drug-likeness (QED) is 0.435. The maximum absolute atomic E-state index is 13.5.